The van der Waals surface area contributed by atoms with E-state index in [4.69, 9.17) is 9.47 Å². The largest absolute Gasteiger partial charge is 0.478 e. The Balaban J connectivity index is 1.70. The van der Waals surface area contributed by atoms with E-state index in [-0.39, 0.29) is 12.6 Å². The Bertz CT molecular complexity index is 806. The number of hydrogen-bond donors (Lipinski definition) is 0. The first kappa shape index (κ1) is 16.1. The molecule has 1 atom stereocenters. The maximum absolute atomic E-state index is 12.3. The highest BCUT2D eigenvalue weighted by Gasteiger charge is 2.21. The molecule has 1 unspecified atom stereocenters. The zero-order valence-corrected chi connectivity index (χ0v) is 13.6. The number of carbonyl (C=O) groups excluding carboxylic acids is 1. The molecule has 122 valence electrons. The number of hydrogen-bond acceptors (Lipinski definition) is 3. The summed E-state index contributed by atoms with van der Waals surface area (Å²) in [5, 5.41) is 2.08. The van der Waals surface area contributed by atoms with Crippen LogP contribution in [0, 0.1) is 0 Å². The van der Waals surface area contributed by atoms with Crippen molar-refractivity contribution in [3.05, 3.63) is 78.4 Å². The monoisotopic (exact) mass is 320 g/mol. The Morgan fingerprint density at radius 2 is 1.62 bits per heavy atom. The van der Waals surface area contributed by atoms with E-state index < -0.39 is 6.10 Å². The Hall–Kier alpha value is -2.81. The molecule has 0 saturated carbocycles. The van der Waals surface area contributed by atoms with Gasteiger partial charge in [0.1, 0.15) is 12.4 Å². The SMILES string of the molecule is CCC(Oc1cccc2ccccc12)C(=O)OCc1ccccc1. The first-order chi connectivity index (χ1) is 11.8. The molecule has 0 fully saturated rings. The predicted octanol–water partition coefficient (Wildman–Crippen LogP) is 4.74. The van der Waals surface area contributed by atoms with Crippen molar-refractivity contribution < 1.29 is 14.3 Å². The molecule has 0 spiro atoms. The summed E-state index contributed by atoms with van der Waals surface area (Å²) in [5.41, 5.74) is 0.964. The summed E-state index contributed by atoms with van der Waals surface area (Å²) in [5.74, 6) is 0.367. The van der Waals surface area contributed by atoms with Crippen LogP contribution in [0.4, 0.5) is 0 Å². The maximum Gasteiger partial charge on any atom is 0.347 e. The van der Waals surface area contributed by atoms with Gasteiger partial charge in [-0.3, -0.25) is 0 Å². The van der Waals surface area contributed by atoms with Crippen LogP contribution in [-0.4, -0.2) is 12.1 Å². The Morgan fingerprint density at radius 3 is 2.42 bits per heavy atom. The average Bonchev–Trinajstić information content (AvgIpc) is 2.65. The molecule has 0 amide bonds. The van der Waals surface area contributed by atoms with Crippen LogP contribution in [0.2, 0.25) is 0 Å². The van der Waals surface area contributed by atoms with Crippen molar-refractivity contribution in [2.24, 2.45) is 0 Å². The second-order valence-electron chi connectivity index (χ2n) is 5.59. The van der Waals surface area contributed by atoms with Gasteiger partial charge >= 0.3 is 5.97 Å². The minimum absolute atomic E-state index is 0.259. The smallest absolute Gasteiger partial charge is 0.347 e. The molecule has 3 rings (SSSR count). The molecule has 3 aromatic carbocycles. The second-order valence-corrected chi connectivity index (χ2v) is 5.59. The predicted molar refractivity (Wildman–Crippen MR) is 94.9 cm³/mol. The van der Waals surface area contributed by atoms with Crippen LogP contribution in [0.5, 0.6) is 5.75 Å². The average molecular weight is 320 g/mol. The molecule has 3 aromatic rings. The molecule has 0 saturated heterocycles. The lowest BCUT2D eigenvalue weighted by atomic mass is 10.1. The van der Waals surface area contributed by atoms with Crippen molar-refractivity contribution in [2.45, 2.75) is 26.1 Å². The highest BCUT2D eigenvalue weighted by atomic mass is 16.6. The molecule has 0 bridgehead atoms. The molecule has 0 aromatic heterocycles. The van der Waals surface area contributed by atoms with E-state index in [1.807, 2.05) is 79.7 Å². The fraction of sp³-hybridized carbons (Fsp3) is 0.190. The lowest BCUT2D eigenvalue weighted by molar-refractivity contribution is -0.153. The minimum Gasteiger partial charge on any atom is -0.478 e. The van der Waals surface area contributed by atoms with Gasteiger partial charge < -0.3 is 9.47 Å². The van der Waals surface area contributed by atoms with Crippen LogP contribution in [-0.2, 0) is 16.1 Å². The van der Waals surface area contributed by atoms with Gasteiger partial charge in [0, 0.05) is 5.39 Å². The highest BCUT2D eigenvalue weighted by Crippen LogP contribution is 2.26. The molecular weight excluding hydrogens is 300 g/mol. The molecule has 0 heterocycles. The van der Waals surface area contributed by atoms with Crippen LogP contribution in [0.1, 0.15) is 18.9 Å². The normalized spacial score (nSPS) is 11.9. The molecule has 0 aliphatic heterocycles. The molecular formula is C21H20O3. The van der Waals surface area contributed by atoms with Gasteiger partial charge in [0.15, 0.2) is 6.10 Å². The fourth-order valence-electron chi connectivity index (χ4n) is 2.57. The molecule has 24 heavy (non-hydrogen) atoms. The molecule has 3 nitrogen and oxygen atoms in total. The standard InChI is InChI=1S/C21H20O3/c1-2-19(21(22)23-15-16-9-4-3-5-10-16)24-20-14-8-12-17-11-6-7-13-18(17)20/h3-14,19H,2,15H2,1H3. The van der Waals surface area contributed by atoms with Crippen molar-refractivity contribution in [3.63, 3.8) is 0 Å². The zero-order chi connectivity index (χ0) is 16.8. The van der Waals surface area contributed by atoms with Gasteiger partial charge in [-0.2, -0.15) is 0 Å². The summed E-state index contributed by atoms with van der Waals surface area (Å²) >= 11 is 0. The minimum atomic E-state index is -0.612. The number of rotatable bonds is 6. The summed E-state index contributed by atoms with van der Waals surface area (Å²) in [7, 11) is 0. The van der Waals surface area contributed by atoms with E-state index in [0.717, 1.165) is 16.3 Å². The summed E-state index contributed by atoms with van der Waals surface area (Å²) in [4.78, 5) is 12.3. The van der Waals surface area contributed by atoms with Gasteiger partial charge in [-0.25, -0.2) is 4.79 Å². The quantitative estimate of drug-likeness (QED) is 0.615. The summed E-state index contributed by atoms with van der Waals surface area (Å²) in [6.07, 6.45) is -0.0591. The highest BCUT2D eigenvalue weighted by molar-refractivity contribution is 5.88. The first-order valence-corrected chi connectivity index (χ1v) is 8.13. The van der Waals surface area contributed by atoms with Gasteiger partial charge in [0.2, 0.25) is 0 Å². The molecule has 0 radical (unpaired) electrons. The number of fused-ring (bicyclic) bond motifs is 1. The van der Waals surface area contributed by atoms with E-state index >= 15 is 0 Å². The second kappa shape index (κ2) is 7.64. The number of carbonyl (C=O) groups is 1. The van der Waals surface area contributed by atoms with E-state index in [1.165, 1.54) is 0 Å². The molecule has 0 aliphatic rings. The van der Waals surface area contributed by atoms with Gasteiger partial charge in [-0.15, -0.1) is 0 Å². The van der Waals surface area contributed by atoms with Crippen LogP contribution in [0.25, 0.3) is 10.8 Å². The lowest BCUT2D eigenvalue weighted by Gasteiger charge is -2.18. The van der Waals surface area contributed by atoms with Crippen LogP contribution >= 0.6 is 0 Å². The van der Waals surface area contributed by atoms with E-state index in [9.17, 15) is 4.79 Å². The van der Waals surface area contributed by atoms with Crippen molar-refractivity contribution in [1.82, 2.24) is 0 Å². The van der Waals surface area contributed by atoms with E-state index in [1.54, 1.807) is 0 Å². The fourth-order valence-corrected chi connectivity index (χ4v) is 2.57. The number of esters is 1. The Kier molecular flexibility index (Phi) is 5.12. The van der Waals surface area contributed by atoms with Gasteiger partial charge in [-0.1, -0.05) is 73.7 Å². The third kappa shape index (κ3) is 3.74. The Labute approximate surface area is 141 Å². The van der Waals surface area contributed by atoms with Crippen LogP contribution < -0.4 is 4.74 Å². The van der Waals surface area contributed by atoms with E-state index in [2.05, 4.69) is 0 Å². The topological polar surface area (TPSA) is 35.5 Å². The van der Waals surface area contributed by atoms with Crippen molar-refractivity contribution >= 4 is 16.7 Å². The van der Waals surface area contributed by atoms with Gasteiger partial charge in [0.25, 0.3) is 0 Å². The third-order valence-corrected chi connectivity index (χ3v) is 3.88. The molecule has 0 N–H and O–H groups in total. The summed E-state index contributed by atoms with van der Waals surface area (Å²) in [6.45, 7) is 2.18. The third-order valence-electron chi connectivity index (χ3n) is 3.88. The molecule has 0 aliphatic carbocycles. The van der Waals surface area contributed by atoms with Crippen molar-refractivity contribution in [3.8, 4) is 5.75 Å². The van der Waals surface area contributed by atoms with Crippen molar-refractivity contribution in [2.75, 3.05) is 0 Å². The zero-order valence-electron chi connectivity index (χ0n) is 13.6. The van der Waals surface area contributed by atoms with Crippen LogP contribution in [0.3, 0.4) is 0 Å². The lowest BCUT2D eigenvalue weighted by Crippen LogP contribution is -2.28. The summed E-state index contributed by atoms with van der Waals surface area (Å²) < 4.78 is 11.4. The Morgan fingerprint density at radius 1 is 0.917 bits per heavy atom. The molecule has 3 heteroatoms. The maximum atomic E-state index is 12.3. The summed E-state index contributed by atoms with van der Waals surface area (Å²) in [6, 6.07) is 23.4. The van der Waals surface area contributed by atoms with Crippen LogP contribution in [0.15, 0.2) is 72.8 Å². The van der Waals surface area contributed by atoms with Gasteiger partial charge in [0.05, 0.1) is 0 Å². The van der Waals surface area contributed by atoms with Crippen molar-refractivity contribution in [1.29, 1.82) is 0 Å². The van der Waals surface area contributed by atoms with E-state index in [0.29, 0.717) is 12.2 Å². The first-order valence-electron chi connectivity index (χ1n) is 8.13. The van der Waals surface area contributed by atoms with Gasteiger partial charge in [-0.05, 0) is 23.4 Å². The number of benzene rings is 3. The number of ether oxygens (including phenoxy) is 2.